The number of amides is 2. The van der Waals surface area contributed by atoms with Crippen molar-refractivity contribution in [3.8, 4) is 5.75 Å². The van der Waals surface area contributed by atoms with Crippen molar-refractivity contribution in [1.82, 2.24) is 4.98 Å². The highest BCUT2D eigenvalue weighted by Gasteiger charge is 2.41. The molecular weight excluding hydrogens is 495 g/mol. The zero-order chi connectivity index (χ0) is 19.0. The van der Waals surface area contributed by atoms with Gasteiger partial charge in [-0.15, -0.1) is 11.3 Å². The Hall–Kier alpha value is -1.65. The van der Waals surface area contributed by atoms with Crippen LogP contribution in [0.1, 0.15) is 13.3 Å². The van der Waals surface area contributed by atoms with Gasteiger partial charge < -0.3 is 4.74 Å². The van der Waals surface area contributed by atoms with Gasteiger partial charge in [-0.25, -0.2) is 9.88 Å². The summed E-state index contributed by atoms with van der Waals surface area (Å²) in [5.74, 6) is 0.465. The molecule has 1 aliphatic rings. The maximum atomic E-state index is 12.9. The minimum atomic E-state index is -0.444. The Bertz CT molecular complexity index is 1040. The second-order valence-corrected chi connectivity index (χ2v) is 9.51. The van der Waals surface area contributed by atoms with E-state index in [1.54, 1.807) is 6.07 Å². The van der Waals surface area contributed by atoms with Gasteiger partial charge in [0.2, 0.25) is 11.8 Å². The summed E-state index contributed by atoms with van der Waals surface area (Å²) in [5.41, 5.74) is 1.53. The number of hydrogen-bond acceptors (Lipinski definition) is 6. The summed E-state index contributed by atoms with van der Waals surface area (Å²) in [6.45, 7) is 2.55. The van der Waals surface area contributed by atoms with Crippen LogP contribution in [0.2, 0.25) is 0 Å². The van der Waals surface area contributed by atoms with E-state index in [0.717, 1.165) is 23.9 Å². The molecule has 0 bridgehead atoms. The first-order chi connectivity index (χ1) is 13.1. The van der Waals surface area contributed by atoms with Crippen LogP contribution < -0.4 is 9.64 Å². The van der Waals surface area contributed by atoms with Gasteiger partial charge in [0.05, 0.1) is 22.5 Å². The van der Waals surface area contributed by atoms with Crippen LogP contribution in [-0.2, 0) is 9.59 Å². The lowest BCUT2D eigenvalue weighted by molar-refractivity contribution is -0.121. The molecule has 4 rings (SSSR count). The molecule has 27 heavy (non-hydrogen) atoms. The Kier molecular flexibility index (Phi) is 5.38. The molecule has 1 aromatic heterocycles. The Labute approximate surface area is 178 Å². The number of nitrogens with zero attached hydrogens (tertiary/aromatic N) is 2. The standard InChI is InChI=1S/C19H15IN2O3S2/c1-2-25-11-7-8-13-15(9-11)26-19(21-13)27-16-10-17(23)22(18(16)24)14-6-4-3-5-12(14)20/h3-9,16H,2,10H2,1H3/t16-/m1/s1. The molecule has 0 radical (unpaired) electrons. The van der Waals surface area contributed by atoms with Crippen LogP contribution >= 0.6 is 45.7 Å². The molecule has 2 amide bonds. The molecule has 3 aromatic rings. The van der Waals surface area contributed by atoms with E-state index in [4.69, 9.17) is 4.74 Å². The number of benzene rings is 2. The Morgan fingerprint density at radius 3 is 2.89 bits per heavy atom. The van der Waals surface area contributed by atoms with E-state index in [1.807, 2.05) is 43.3 Å². The lowest BCUT2D eigenvalue weighted by Crippen LogP contribution is -2.31. The maximum absolute atomic E-state index is 12.9. The molecule has 1 fully saturated rings. The summed E-state index contributed by atoms with van der Waals surface area (Å²) in [5, 5.41) is -0.444. The van der Waals surface area contributed by atoms with Crippen molar-refractivity contribution in [2.75, 3.05) is 11.5 Å². The van der Waals surface area contributed by atoms with Gasteiger partial charge in [-0.05, 0) is 59.8 Å². The van der Waals surface area contributed by atoms with Crippen molar-refractivity contribution in [3.63, 3.8) is 0 Å². The molecule has 0 unspecified atom stereocenters. The van der Waals surface area contributed by atoms with E-state index in [0.29, 0.717) is 12.3 Å². The number of carbonyl (C=O) groups is 2. The number of fused-ring (bicyclic) bond motifs is 1. The topological polar surface area (TPSA) is 59.5 Å². The van der Waals surface area contributed by atoms with Gasteiger partial charge in [-0.2, -0.15) is 0 Å². The quantitative estimate of drug-likeness (QED) is 0.367. The number of aromatic nitrogens is 1. The van der Waals surface area contributed by atoms with Gasteiger partial charge in [-0.1, -0.05) is 23.9 Å². The van der Waals surface area contributed by atoms with Crippen molar-refractivity contribution in [2.24, 2.45) is 0 Å². The number of para-hydroxylation sites is 1. The van der Waals surface area contributed by atoms with Crippen molar-refractivity contribution >= 4 is 73.4 Å². The minimum absolute atomic E-state index is 0.165. The SMILES string of the molecule is CCOc1ccc2nc(S[C@@H]3CC(=O)N(c4ccccc4I)C3=O)sc2c1. The number of ether oxygens (including phenoxy) is 1. The number of thiazole rings is 1. The number of hydrogen-bond donors (Lipinski definition) is 0. The zero-order valence-electron chi connectivity index (χ0n) is 14.3. The van der Waals surface area contributed by atoms with E-state index in [1.165, 1.54) is 28.0 Å². The van der Waals surface area contributed by atoms with Crippen LogP contribution in [0.3, 0.4) is 0 Å². The van der Waals surface area contributed by atoms with Crippen molar-refractivity contribution in [2.45, 2.75) is 22.9 Å². The monoisotopic (exact) mass is 510 g/mol. The highest BCUT2D eigenvalue weighted by atomic mass is 127. The molecule has 8 heteroatoms. The van der Waals surface area contributed by atoms with Gasteiger partial charge in [0.15, 0.2) is 4.34 Å². The average molecular weight is 510 g/mol. The van der Waals surface area contributed by atoms with E-state index >= 15 is 0 Å². The van der Waals surface area contributed by atoms with Crippen molar-refractivity contribution in [1.29, 1.82) is 0 Å². The van der Waals surface area contributed by atoms with E-state index in [2.05, 4.69) is 27.6 Å². The number of imide groups is 1. The molecule has 0 spiro atoms. The van der Waals surface area contributed by atoms with Crippen molar-refractivity contribution in [3.05, 3.63) is 46.0 Å². The minimum Gasteiger partial charge on any atom is -0.494 e. The molecule has 0 saturated carbocycles. The fourth-order valence-corrected chi connectivity index (χ4v) is 5.89. The summed E-state index contributed by atoms with van der Waals surface area (Å²) in [7, 11) is 0. The molecular formula is C19H15IN2O3S2. The van der Waals surface area contributed by atoms with Gasteiger partial charge in [-0.3, -0.25) is 9.59 Å². The van der Waals surface area contributed by atoms with Crippen LogP contribution in [0, 0.1) is 3.57 Å². The summed E-state index contributed by atoms with van der Waals surface area (Å²) in [6.07, 6.45) is 0.189. The Morgan fingerprint density at radius 1 is 1.30 bits per heavy atom. The first-order valence-corrected chi connectivity index (χ1v) is 11.2. The lowest BCUT2D eigenvalue weighted by atomic mass is 10.3. The molecule has 2 aromatic carbocycles. The fraction of sp³-hybridized carbons (Fsp3) is 0.211. The Balaban J connectivity index is 1.56. The third-order valence-electron chi connectivity index (χ3n) is 4.09. The molecule has 1 aliphatic heterocycles. The van der Waals surface area contributed by atoms with Crippen molar-refractivity contribution < 1.29 is 14.3 Å². The highest BCUT2D eigenvalue weighted by Crippen LogP contribution is 2.39. The summed E-state index contributed by atoms with van der Waals surface area (Å²) in [4.78, 5) is 31.2. The van der Waals surface area contributed by atoms with Crippen LogP contribution in [0.15, 0.2) is 46.8 Å². The number of rotatable bonds is 5. The third kappa shape index (κ3) is 3.70. The lowest BCUT2D eigenvalue weighted by Gasteiger charge is -2.16. The average Bonchev–Trinajstić information content (AvgIpc) is 3.16. The number of halogens is 1. The van der Waals surface area contributed by atoms with E-state index < -0.39 is 5.25 Å². The molecule has 2 heterocycles. The normalized spacial score (nSPS) is 17.1. The molecule has 1 atom stereocenters. The van der Waals surface area contributed by atoms with Crippen LogP contribution in [0.4, 0.5) is 5.69 Å². The van der Waals surface area contributed by atoms with Crippen LogP contribution in [-0.4, -0.2) is 28.7 Å². The Morgan fingerprint density at radius 2 is 2.11 bits per heavy atom. The highest BCUT2D eigenvalue weighted by molar-refractivity contribution is 14.1. The van der Waals surface area contributed by atoms with Gasteiger partial charge in [0.25, 0.3) is 0 Å². The predicted molar refractivity (Wildman–Crippen MR) is 117 cm³/mol. The maximum Gasteiger partial charge on any atom is 0.247 e. The molecule has 138 valence electrons. The second kappa shape index (κ2) is 7.76. The predicted octanol–water partition coefficient (Wildman–Crippen LogP) is 4.72. The fourth-order valence-electron chi connectivity index (χ4n) is 2.89. The van der Waals surface area contributed by atoms with E-state index in [9.17, 15) is 9.59 Å². The van der Waals surface area contributed by atoms with Gasteiger partial charge >= 0.3 is 0 Å². The molecule has 0 N–H and O–H groups in total. The summed E-state index contributed by atoms with van der Waals surface area (Å²) < 4.78 is 8.20. The third-order valence-corrected chi connectivity index (χ3v) is 7.30. The number of anilines is 1. The van der Waals surface area contributed by atoms with Crippen LogP contribution in [0.5, 0.6) is 5.75 Å². The first-order valence-electron chi connectivity index (χ1n) is 8.38. The number of thioether (sulfide) groups is 1. The molecule has 5 nitrogen and oxygen atoms in total. The van der Waals surface area contributed by atoms with E-state index in [-0.39, 0.29) is 18.2 Å². The van der Waals surface area contributed by atoms with Gasteiger partial charge in [0.1, 0.15) is 11.0 Å². The summed E-state index contributed by atoms with van der Waals surface area (Å²) >= 11 is 5.03. The largest absolute Gasteiger partial charge is 0.494 e. The molecule has 0 aliphatic carbocycles. The molecule has 1 saturated heterocycles. The van der Waals surface area contributed by atoms with Crippen LogP contribution in [0.25, 0.3) is 10.2 Å². The summed E-state index contributed by atoms with van der Waals surface area (Å²) in [6, 6.07) is 13.2. The second-order valence-electron chi connectivity index (χ2n) is 5.87. The zero-order valence-corrected chi connectivity index (χ0v) is 18.1. The number of carbonyl (C=O) groups excluding carboxylic acids is 2. The van der Waals surface area contributed by atoms with Gasteiger partial charge in [0, 0.05) is 9.99 Å². The first kappa shape index (κ1) is 18.7. The smallest absolute Gasteiger partial charge is 0.247 e.